The highest BCUT2D eigenvalue weighted by atomic mass is 16.4. The van der Waals surface area contributed by atoms with Crippen LogP contribution in [0.4, 0.5) is 0 Å². The zero-order valence-electron chi connectivity index (χ0n) is 4.82. The Labute approximate surface area is 53.1 Å². The van der Waals surface area contributed by atoms with Gasteiger partial charge in [0.05, 0.1) is 6.26 Å². The second kappa shape index (κ2) is 2.71. The number of hydrogen-bond acceptors (Lipinski definition) is 3. The van der Waals surface area contributed by atoms with Gasteiger partial charge in [0.1, 0.15) is 5.76 Å². The molecule has 2 N–H and O–H groups in total. The molecule has 0 amide bonds. The molecule has 0 saturated heterocycles. The fraction of sp³-hybridized carbons (Fsp3) is 0.200. The van der Waals surface area contributed by atoms with Gasteiger partial charge < -0.3 is 14.5 Å². The molecule has 3 nitrogen and oxygen atoms in total. The summed E-state index contributed by atoms with van der Waals surface area (Å²) >= 11 is 0. The molecule has 48 valence electrons. The summed E-state index contributed by atoms with van der Waals surface area (Å²) in [4.78, 5) is 0. The standard InChI is InChI=1S/C5H7BO3/c7-6(8)4-5-2-1-3-9-5/h1-3,7-8H,4H2. The molecule has 1 heterocycles. The summed E-state index contributed by atoms with van der Waals surface area (Å²) < 4.78 is 4.82. The number of furan rings is 1. The van der Waals surface area contributed by atoms with Gasteiger partial charge in [-0.3, -0.25) is 0 Å². The zero-order valence-corrected chi connectivity index (χ0v) is 4.82. The maximum absolute atomic E-state index is 8.42. The predicted octanol–water partition coefficient (Wildman–Crippen LogP) is -0.166. The van der Waals surface area contributed by atoms with E-state index in [1.165, 1.54) is 6.26 Å². The van der Waals surface area contributed by atoms with Crippen molar-refractivity contribution in [3.8, 4) is 0 Å². The fourth-order valence-electron chi connectivity index (χ4n) is 0.609. The van der Waals surface area contributed by atoms with Crippen LogP contribution in [0.5, 0.6) is 0 Å². The van der Waals surface area contributed by atoms with Crippen molar-refractivity contribution < 1.29 is 14.5 Å². The van der Waals surface area contributed by atoms with Gasteiger partial charge in [-0.25, -0.2) is 0 Å². The third-order valence-corrected chi connectivity index (χ3v) is 0.964. The molecule has 0 unspecified atom stereocenters. The quantitative estimate of drug-likeness (QED) is 0.541. The minimum Gasteiger partial charge on any atom is -0.470 e. The third-order valence-electron chi connectivity index (χ3n) is 0.964. The Morgan fingerprint density at radius 1 is 1.56 bits per heavy atom. The maximum atomic E-state index is 8.42. The van der Waals surface area contributed by atoms with E-state index in [1.807, 2.05) is 0 Å². The first kappa shape index (κ1) is 6.39. The summed E-state index contributed by atoms with van der Waals surface area (Å²) in [5.41, 5.74) is 0. The Morgan fingerprint density at radius 2 is 2.33 bits per heavy atom. The van der Waals surface area contributed by atoms with E-state index < -0.39 is 7.12 Å². The highest BCUT2D eigenvalue weighted by molar-refractivity contribution is 6.40. The SMILES string of the molecule is OB(O)Cc1ccco1. The lowest BCUT2D eigenvalue weighted by molar-refractivity contribution is 0.395. The normalized spacial score (nSPS) is 9.56. The lowest BCUT2D eigenvalue weighted by atomic mass is 9.85. The van der Waals surface area contributed by atoms with Gasteiger partial charge in [0.2, 0.25) is 0 Å². The van der Waals surface area contributed by atoms with Crippen LogP contribution in [-0.4, -0.2) is 17.2 Å². The first-order valence-electron chi connectivity index (χ1n) is 2.67. The molecule has 0 spiro atoms. The Kier molecular flexibility index (Phi) is 1.92. The molecule has 0 saturated carbocycles. The Balaban J connectivity index is 2.48. The van der Waals surface area contributed by atoms with Crippen molar-refractivity contribution in [3.63, 3.8) is 0 Å². The summed E-state index contributed by atoms with van der Waals surface area (Å²) in [6, 6.07) is 3.40. The van der Waals surface area contributed by atoms with Gasteiger partial charge in [-0.15, -0.1) is 0 Å². The van der Waals surface area contributed by atoms with E-state index in [-0.39, 0.29) is 6.32 Å². The molecule has 1 rings (SSSR count). The van der Waals surface area contributed by atoms with E-state index >= 15 is 0 Å². The predicted molar refractivity (Wildman–Crippen MR) is 32.6 cm³/mol. The van der Waals surface area contributed by atoms with E-state index in [0.717, 1.165) is 0 Å². The summed E-state index contributed by atoms with van der Waals surface area (Å²) in [6.45, 7) is 0. The molecule has 0 bridgehead atoms. The zero-order chi connectivity index (χ0) is 6.69. The lowest BCUT2D eigenvalue weighted by Crippen LogP contribution is -2.14. The van der Waals surface area contributed by atoms with Crippen molar-refractivity contribution in [2.75, 3.05) is 0 Å². The molecule has 9 heavy (non-hydrogen) atoms. The van der Waals surface area contributed by atoms with Crippen molar-refractivity contribution in [1.29, 1.82) is 0 Å². The fourth-order valence-corrected chi connectivity index (χ4v) is 0.609. The van der Waals surface area contributed by atoms with Gasteiger partial charge in [-0.1, -0.05) is 0 Å². The van der Waals surface area contributed by atoms with Crippen molar-refractivity contribution in [1.82, 2.24) is 0 Å². The van der Waals surface area contributed by atoms with Crippen LogP contribution in [0.2, 0.25) is 0 Å². The molecular formula is C5H7BO3. The van der Waals surface area contributed by atoms with E-state index in [9.17, 15) is 0 Å². The van der Waals surface area contributed by atoms with Crippen LogP contribution in [0, 0.1) is 0 Å². The van der Waals surface area contributed by atoms with Gasteiger partial charge in [-0.05, 0) is 12.1 Å². The topological polar surface area (TPSA) is 53.6 Å². The van der Waals surface area contributed by atoms with Crippen molar-refractivity contribution >= 4 is 7.12 Å². The Morgan fingerprint density at radius 3 is 2.78 bits per heavy atom. The summed E-state index contributed by atoms with van der Waals surface area (Å²) in [7, 11) is -1.31. The summed E-state index contributed by atoms with van der Waals surface area (Å²) in [5.74, 6) is 0.588. The summed E-state index contributed by atoms with van der Waals surface area (Å²) in [6.07, 6.45) is 1.66. The molecule has 0 aliphatic carbocycles. The highest BCUT2D eigenvalue weighted by Gasteiger charge is 2.08. The number of rotatable bonds is 2. The van der Waals surface area contributed by atoms with Crippen LogP contribution >= 0.6 is 0 Å². The van der Waals surface area contributed by atoms with Crippen LogP contribution in [0.15, 0.2) is 22.8 Å². The van der Waals surface area contributed by atoms with Gasteiger partial charge in [0.15, 0.2) is 0 Å². The largest absolute Gasteiger partial charge is 0.470 e. The minimum absolute atomic E-state index is 0.160. The molecule has 1 aromatic heterocycles. The molecule has 1 aromatic rings. The molecule has 0 aromatic carbocycles. The molecule has 0 atom stereocenters. The van der Waals surface area contributed by atoms with E-state index in [4.69, 9.17) is 14.5 Å². The Bertz CT molecular complexity index is 159. The van der Waals surface area contributed by atoms with E-state index in [1.54, 1.807) is 12.1 Å². The smallest absolute Gasteiger partial charge is 0.459 e. The third kappa shape index (κ3) is 1.91. The highest BCUT2D eigenvalue weighted by Crippen LogP contribution is 2.00. The minimum atomic E-state index is -1.31. The van der Waals surface area contributed by atoms with Crippen LogP contribution in [0.1, 0.15) is 5.76 Å². The van der Waals surface area contributed by atoms with Crippen molar-refractivity contribution in [2.24, 2.45) is 0 Å². The van der Waals surface area contributed by atoms with Crippen LogP contribution in [0.3, 0.4) is 0 Å². The maximum Gasteiger partial charge on any atom is 0.459 e. The van der Waals surface area contributed by atoms with E-state index in [0.29, 0.717) is 5.76 Å². The van der Waals surface area contributed by atoms with Crippen molar-refractivity contribution in [2.45, 2.75) is 6.32 Å². The molecule has 0 radical (unpaired) electrons. The van der Waals surface area contributed by atoms with Gasteiger partial charge in [0, 0.05) is 6.32 Å². The van der Waals surface area contributed by atoms with Gasteiger partial charge in [0.25, 0.3) is 0 Å². The second-order valence-corrected chi connectivity index (χ2v) is 1.76. The first-order valence-corrected chi connectivity index (χ1v) is 2.67. The van der Waals surface area contributed by atoms with Crippen molar-refractivity contribution in [3.05, 3.63) is 24.2 Å². The van der Waals surface area contributed by atoms with Gasteiger partial charge >= 0.3 is 7.12 Å². The van der Waals surface area contributed by atoms with E-state index in [2.05, 4.69) is 0 Å². The summed E-state index contributed by atoms with van der Waals surface area (Å²) in [5, 5.41) is 16.8. The second-order valence-electron chi connectivity index (χ2n) is 1.76. The number of hydrogen-bond donors (Lipinski definition) is 2. The monoisotopic (exact) mass is 126 g/mol. The molecule has 0 aliphatic rings. The van der Waals surface area contributed by atoms with Crippen LogP contribution < -0.4 is 0 Å². The molecule has 4 heteroatoms. The van der Waals surface area contributed by atoms with Crippen LogP contribution in [0.25, 0.3) is 0 Å². The molecular weight excluding hydrogens is 119 g/mol. The average Bonchev–Trinajstić information content (AvgIpc) is 2.15. The van der Waals surface area contributed by atoms with Gasteiger partial charge in [-0.2, -0.15) is 0 Å². The average molecular weight is 126 g/mol. The van der Waals surface area contributed by atoms with Crippen LogP contribution in [-0.2, 0) is 6.32 Å². The Hall–Kier alpha value is -0.735. The molecule has 0 fully saturated rings. The first-order chi connectivity index (χ1) is 4.29. The lowest BCUT2D eigenvalue weighted by Gasteiger charge is -1.91. The molecule has 0 aliphatic heterocycles.